The fourth-order valence-corrected chi connectivity index (χ4v) is 1.51. The molecule has 0 heterocycles. The summed E-state index contributed by atoms with van der Waals surface area (Å²) in [5.74, 6) is 0.0432. The van der Waals surface area contributed by atoms with E-state index in [1.807, 2.05) is 45.9 Å². The molecule has 0 saturated carbocycles. The second-order valence-corrected chi connectivity index (χ2v) is 7.65. The van der Waals surface area contributed by atoms with E-state index >= 15 is 0 Å². The van der Waals surface area contributed by atoms with Gasteiger partial charge in [0.25, 0.3) is 0 Å². The summed E-state index contributed by atoms with van der Waals surface area (Å²) in [6.07, 6.45) is 7.54. The first-order valence-electron chi connectivity index (χ1n) is 7.15. The summed E-state index contributed by atoms with van der Waals surface area (Å²) in [4.78, 5) is 0. The number of aliphatic hydroxyl groups excluding tert-OH is 2. The maximum absolute atomic E-state index is 10.1. The molecule has 19 heavy (non-hydrogen) atoms. The molecule has 2 nitrogen and oxygen atoms in total. The van der Waals surface area contributed by atoms with Crippen LogP contribution in [0.25, 0.3) is 0 Å². The van der Waals surface area contributed by atoms with E-state index in [0.717, 1.165) is 0 Å². The van der Waals surface area contributed by atoms with E-state index < -0.39 is 12.2 Å². The molecule has 0 aliphatic heterocycles. The minimum atomic E-state index is -0.506. The van der Waals surface area contributed by atoms with E-state index in [0.29, 0.717) is 6.42 Å². The number of rotatable bonds is 5. The third kappa shape index (κ3) is 9.01. The molecule has 0 aromatic carbocycles. The van der Waals surface area contributed by atoms with Gasteiger partial charge >= 0.3 is 0 Å². The molecule has 0 radical (unpaired) electrons. The summed E-state index contributed by atoms with van der Waals surface area (Å²) in [5.41, 5.74) is -0.00876. The second-order valence-electron chi connectivity index (χ2n) is 7.65. The minimum absolute atomic E-state index is 0.0432. The minimum Gasteiger partial charge on any atom is -0.392 e. The second kappa shape index (κ2) is 7.25. The van der Waals surface area contributed by atoms with Crippen LogP contribution in [0.2, 0.25) is 0 Å². The Labute approximate surface area is 119 Å². The molecule has 0 rings (SSSR count). The SMILES string of the molecule is C[C@H](/C=C/C=C\C(C)(C)C)[C@H](O)C[C@@H](O)C(C)(C)C. The van der Waals surface area contributed by atoms with Crippen molar-refractivity contribution in [2.75, 3.05) is 0 Å². The third-order valence-electron chi connectivity index (χ3n) is 3.19. The monoisotopic (exact) mass is 268 g/mol. The van der Waals surface area contributed by atoms with Crippen LogP contribution >= 0.6 is 0 Å². The van der Waals surface area contributed by atoms with E-state index in [1.54, 1.807) is 0 Å². The van der Waals surface area contributed by atoms with Gasteiger partial charge < -0.3 is 10.2 Å². The van der Waals surface area contributed by atoms with Gasteiger partial charge in [-0.25, -0.2) is 0 Å². The van der Waals surface area contributed by atoms with Gasteiger partial charge in [-0.1, -0.05) is 72.8 Å². The van der Waals surface area contributed by atoms with Crippen molar-refractivity contribution in [1.29, 1.82) is 0 Å². The Morgan fingerprint density at radius 2 is 1.47 bits per heavy atom. The van der Waals surface area contributed by atoms with Crippen molar-refractivity contribution < 1.29 is 10.2 Å². The topological polar surface area (TPSA) is 40.5 Å². The van der Waals surface area contributed by atoms with Gasteiger partial charge in [0.15, 0.2) is 0 Å². The summed E-state index contributed by atoms with van der Waals surface area (Å²) in [6, 6.07) is 0. The molecule has 0 bridgehead atoms. The summed E-state index contributed by atoms with van der Waals surface area (Å²) >= 11 is 0. The predicted octanol–water partition coefficient (Wildman–Crippen LogP) is 3.94. The molecule has 0 aliphatic carbocycles. The third-order valence-corrected chi connectivity index (χ3v) is 3.19. The maximum Gasteiger partial charge on any atom is 0.0625 e. The van der Waals surface area contributed by atoms with E-state index in [9.17, 15) is 10.2 Å². The van der Waals surface area contributed by atoms with E-state index in [1.165, 1.54) is 0 Å². The maximum atomic E-state index is 10.1. The molecular weight excluding hydrogens is 236 g/mol. The number of hydrogen-bond donors (Lipinski definition) is 2. The summed E-state index contributed by atoms with van der Waals surface area (Å²) in [7, 11) is 0. The quantitative estimate of drug-likeness (QED) is 0.741. The van der Waals surface area contributed by atoms with Crippen LogP contribution in [0.1, 0.15) is 54.9 Å². The Morgan fingerprint density at radius 1 is 0.947 bits per heavy atom. The van der Waals surface area contributed by atoms with Gasteiger partial charge in [0.2, 0.25) is 0 Å². The molecule has 2 heteroatoms. The number of hydrogen-bond acceptors (Lipinski definition) is 2. The highest BCUT2D eigenvalue weighted by atomic mass is 16.3. The molecule has 0 spiro atoms. The van der Waals surface area contributed by atoms with Crippen molar-refractivity contribution >= 4 is 0 Å². The Kier molecular flexibility index (Phi) is 7.02. The lowest BCUT2D eigenvalue weighted by molar-refractivity contribution is 0.00336. The molecule has 0 aromatic rings. The van der Waals surface area contributed by atoms with Crippen LogP contribution in [0.5, 0.6) is 0 Å². The molecule has 0 fully saturated rings. The lowest BCUT2D eigenvalue weighted by Crippen LogP contribution is -2.32. The Balaban J connectivity index is 4.32. The molecule has 0 unspecified atom stereocenters. The van der Waals surface area contributed by atoms with Crippen molar-refractivity contribution in [2.45, 2.75) is 67.1 Å². The van der Waals surface area contributed by atoms with E-state index in [2.05, 4.69) is 26.8 Å². The summed E-state index contributed by atoms with van der Waals surface area (Å²) in [6.45, 7) is 14.4. The van der Waals surface area contributed by atoms with Crippen molar-refractivity contribution in [3.63, 3.8) is 0 Å². The highest BCUT2D eigenvalue weighted by Gasteiger charge is 2.26. The standard InChI is InChI=1S/C17H32O2/c1-13(10-8-9-11-16(2,3)4)14(18)12-15(19)17(5,6)7/h8-11,13-15,18-19H,12H2,1-7H3/b10-8+,11-9-/t13-,14-,15-/m1/s1. The highest BCUT2D eigenvalue weighted by Crippen LogP contribution is 2.24. The smallest absolute Gasteiger partial charge is 0.0625 e. The summed E-state index contributed by atoms with van der Waals surface area (Å²) in [5, 5.41) is 20.1. The molecule has 112 valence electrons. The van der Waals surface area contributed by atoms with Crippen LogP contribution in [0.15, 0.2) is 24.3 Å². The average Bonchev–Trinajstić information content (AvgIpc) is 2.21. The van der Waals surface area contributed by atoms with Crippen molar-refractivity contribution in [3.05, 3.63) is 24.3 Å². The molecule has 2 N–H and O–H groups in total. The van der Waals surface area contributed by atoms with Gasteiger partial charge in [-0.05, 0) is 10.8 Å². The van der Waals surface area contributed by atoms with Gasteiger partial charge in [0, 0.05) is 12.3 Å². The first-order valence-corrected chi connectivity index (χ1v) is 7.15. The zero-order chi connectivity index (χ0) is 15.3. The zero-order valence-electron chi connectivity index (χ0n) is 13.6. The molecule has 0 aromatic heterocycles. The van der Waals surface area contributed by atoms with Gasteiger partial charge in [0.05, 0.1) is 12.2 Å². The van der Waals surface area contributed by atoms with E-state index in [-0.39, 0.29) is 16.7 Å². The van der Waals surface area contributed by atoms with Crippen LogP contribution in [-0.2, 0) is 0 Å². The molecule has 0 amide bonds. The van der Waals surface area contributed by atoms with Crippen molar-refractivity contribution in [2.24, 2.45) is 16.7 Å². The van der Waals surface area contributed by atoms with Gasteiger partial charge in [-0.2, -0.15) is 0 Å². The van der Waals surface area contributed by atoms with E-state index in [4.69, 9.17) is 0 Å². The Morgan fingerprint density at radius 3 is 1.89 bits per heavy atom. The molecular formula is C17H32O2. The lowest BCUT2D eigenvalue weighted by Gasteiger charge is -2.29. The van der Waals surface area contributed by atoms with Crippen LogP contribution in [-0.4, -0.2) is 22.4 Å². The number of allylic oxidation sites excluding steroid dienone is 3. The number of aliphatic hydroxyl groups is 2. The van der Waals surface area contributed by atoms with Crippen molar-refractivity contribution in [1.82, 2.24) is 0 Å². The molecule has 3 atom stereocenters. The first-order chi connectivity index (χ1) is 8.43. The largest absolute Gasteiger partial charge is 0.392 e. The van der Waals surface area contributed by atoms with Gasteiger partial charge in [-0.3, -0.25) is 0 Å². The molecule has 0 aliphatic rings. The lowest BCUT2D eigenvalue weighted by atomic mass is 9.84. The average molecular weight is 268 g/mol. The van der Waals surface area contributed by atoms with Crippen molar-refractivity contribution in [3.8, 4) is 0 Å². The highest BCUT2D eigenvalue weighted by molar-refractivity contribution is 5.07. The van der Waals surface area contributed by atoms with Crippen LogP contribution < -0.4 is 0 Å². The van der Waals surface area contributed by atoms with Gasteiger partial charge in [-0.15, -0.1) is 0 Å². The summed E-state index contributed by atoms with van der Waals surface area (Å²) < 4.78 is 0. The van der Waals surface area contributed by atoms with Crippen LogP contribution in [0, 0.1) is 16.7 Å². The Bertz CT molecular complexity index is 302. The fourth-order valence-electron chi connectivity index (χ4n) is 1.51. The predicted molar refractivity (Wildman–Crippen MR) is 83.0 cm³/mol. The van der Waals surface area contributed by atoms with Crippen LogP contribution in [0.4, 0.5) is 0 Å². The van der Waals surface area contributed by atoms with Gasteiger partial charge in [0.1, 0.15) is 0 Å². The zero-order valence-corrected chi connectivity index (χ0v) is 13.6. The fraction of sp³-hybridized carbons (Fsp3) is 0.765. The Hall–Kier alpha value is -0.600. The first kappa shape index (κ1) is 18.4. The van der Waals surface area contributed by atoms with Crippen LogP contribution in [0.3, 0.4) is 0 Å². The normalized spacial score (nSPS) is 19.0. The molecule has 0 saturated heterocycles.